The second kappa shape index (κ2) is 6.65. The number of nitrogens with zero attached hydrogens (tertiary/aromatic N) is 1. The Morgan fingerprint density at radius 3 is 2.92 bits per heavy atom. The molecule has 0 aromatic heterocycles. The molecule has 3 rings (SSSR count). The number of benzene rings is 2. The van der Waals surface area contributed by atoms with Crippen molar-refractivity contribution in [1.82, 2.24) is 0 Å². The van der Waals surface area contributed by atoms with Gasteiger partial charge < -0.3 is 14.2 Å². The lowest BCUT2D eigenvalue weighted by Crippen LogP contribution is -2.02. The Kier molecular flexibility index (Phi) is 4.41. The molecule has 0 radical (unpaired) electrons. The summed E-state index contributed by atoms with van der Waals surface area (Å²) in [6, 6.07) is 11.8. The lowest BCUT2D eigenvalue weighted by Gasteiger charge is -2.04. The van der Waals surface area contributed by atoms with Crippen LogP contribution in [0.3, 0.4) is 0 Å². The highest BCUT2D eigenvalue weighted by atomic mass is 35.5. The molecule has 0 bridgehead atoms. The lowest BCUT2D eigenvalue weighted by molar-refractivity contribution is 0.103. The molecule has 0 saturated heterocycles. The summed E-state index contributed by atoms with van der Waals surface area (Å²) < 4.78 is 15.6. The number of hydrogen-bond donors (Lipinski definition) is 0. The third-order valence-corrected chi connectivity index (χ3v) is 3.74. The molecule has 2 aromatic carbocycles. The lowest BCUT2D eigenvalue weighted by atomic mass is 10.0. The van der Waals surface area contributed by atoms with E-state index in [1.807, 2.05) is 6.07 Å². The van der Waals surface area contributed by atoms with Gasteiger partial charge in [-0.05, 0) is 35.9 Å². The largest absolute Gasteiger partial charge is 0.497 e. The predicted molar refractivity (Wildman–Crippen MR) is 88.5 cm³/mol. The summed E-state index contributed by atoms with van der Waals surface area (Å²) in [7, 11) is 1.51. The summed E-state index contributed by atoms with van der Waals surface area (Å²) >= 11 is 6.12. The van der Waals surface area contributed by atoms with Gasteiger partial charge in [0.2, 0.25) is 12.6 Å². The SMILES string of the molecule is COc1cccc(C(=O)/C(C#N)=C/c2cc(Cl)c3c(c2)OCO3)c1. The summed E-state index contributed by atoms with van der Waals surface area (Å²) in [4.78, 5) is 12.5. The number of rotatable bonds is 4. The van der Waals surface area contributed by atoms with Crippen molar-refractivity contribution >= 4 is 23.5 Å². The summed E-state index contributed by atoms with van der Waals surface area (Å²) in [5, 5.41) is 9.71. The molecule has 0 atom stereocenters. The molecule has 2 aromatic rings. The van der Waals surface area contributed by atoms with Crippen LogP contribution >= 0.6 is 11.6 Å². The van der Waals surface area contributed by atoms with Gasteiger partial charge in [0.15, 0.2) is 11.5 Å². The van der Waals surface area contributed by atoms with Gasteiger partial charge in [0.05, 0.1) is 12.1 Å². The Labute approximate surface area is 143 Å². The minimum Gasteiger partial charge on any atom is -0.497 e. The molecule has 0 spiro atoms. The van der Waals surface area contributed by atoms with Gasteiger partial charge in [0, 0.05) is 5.56 Å². The topological polar surface area (TPSA) is 68.6 Å². The van der Waals surface area contributed by atoms with Crippen LogP contribution < -0.4 is 14.2 Å². The van der Waals surface area contributed by atoms with Gasteiger partial charge in [0.1, 0.15) is 17.4 Å². The third kappa shape index (κ3) is 3.05. The summed E-state index contributed by atoms with van der Waals surface area (Å²) in [6.07, 6.45) is 1.47. The maximum absolute atomic E-state index is 12.5. The van der Waals surface area contributed by atoms with Gasteiger partial charge in [-0.3, -0.25) is 4.79 Å². The van der Waals surface area contributed by atoms with Gasteiger partial charge in [-0.25, -0.2) is 0 Å². The normalized spacial score (nSPS) is 12.6. The number of allylic oxidation sites excluding steroid dienone is 1. The van der Waals surface area contributed by atoms with Crippen LogP contribution in [0.25, 0.3) is 6.08 Å². The minimum atomic E-state index is -0.398. The standard InChI is InChI=1S/C18H12ClNO4/c1-22-14-4-2-3-12(8-14)17(21)13(9-20)5-11-6-15(19)18-16(7-11)23-10-24-18/h2-8H,10H2,1H3/b13-5+. The maximum Gasteiger partial charge on any atom is 0.231 e. The second-order valence-corrected chi connectivity index (χ2v) is 5.37. The molecule has 5 nitrogen and oxygen atoms in total. The molecule has 0 amide bonds. The Balaban J connectivity index is 1.96. The van der Waals surface area contributed by atoms with E-state index in [4.69, 9.17) is 25.8 Å². The number of carbonyl (C=O) groups excluding carboxylic acids is 1. The Morgan fingerprint density at radius 1 is 1.33 bits per heavy atom. The average molecular weight is 342 g/mol. The fourth-order valence-corrected chi connectivity index (χ4v) is 2.58. The Bertz CT molecular complexity index is 883. The molecule has 24 heavy (non-hydrogen) atoms. The molecule has 0 unspecified atom stereocenters. The fourth-order valence-electron chi connectivity index (χ4n) is 2.31. The van der Waals surface area contributed by atoms with Crippen LogP contribution in [0.4, 0.5) is 0 Å². The van der Waals surface area contributed by atoms with E-state index in [2.05, 4.69) is 0 Å². The number of carbonyl (C=O) groups is 1. The number of methoxy groups -OCH3 is 1. The first kappa shape index (κ1) is 15.9. The number of hydrogen-bond acceptors (Lipinski definition) is 5. The zero-order valence-corrected chi connectivity index (χ0v) is 13.5. The van der Waals surface area contributed by atoms with E-state index in [9.17, 15) is 10.1 Å². The van der Waals surface area contributed by atoms with Crippen molar-refractivity contribution in [3.8, 4) is 23.3 Å². The van der Waals surface area contributed by atoms with Crippen LogP contribution in [-0.4, -0.2) is 19.7 Å². The highest BCUT2D eigenvalue weighted by Gasteiger charge is 2.19. The molecule has 6 heteroatoms. The van der Waals surface area contributed by atoms with Crippen LogP contribution in [0, 0.1) is 11.3 Å². The second-order valence-electron chi connectivity index (χ2n) is 4.97. The van der Waals surface area contributed by atoms with Crippen LogP contribution in [0.2, 0.25) is 5.02 Å². The Morgan fingerprint density at radius 2 is 2.17 bits per heavy atom. The smallest absolute Gasteiger partial charge is 0.231 e. The van der Waals surface area contributed by atoms with Crippen molar-refractivity contribution in [1.29, 1.82) is 5.26 Å². The van der Waals surface area contributed by atoms with Crippen molar-refractivity contribution < 1.29 is 19.0 Å². The van der Waals surface area contributed by atoms with Gasteiger partial charge in [0.25, 0.3) is 0 Å². The summed E-state index contributed by atoms with van der Waals surface area (Å²) in [5.74, 6) is 1.10. The van der Waals surface area contributed by atoms with E-state index in [0.717, 1.165) is 0 Å². The van der Waals surface area contributed by atoms with Crippen molar-refractivity contribution in [3.63, 3.8) is 0 Å². The number of ketones is 1. The van der Waals surface area contributed by atoms with Crippen LogP contribution in [0.15, 0.2) is 42.0 Å². The van der Waals surface area contributed by atoms with Crippen molar-refractivity contribution in [2.24, 2.45) is 0 Å². The fraction of sp³-hybridized carbons (Fsp3) is 0.111. The highest BCUT2D eigenvalue weighted by molar-refractivity contribution is 6.32. The average Bonchev–Trinajstić information content (AvgIpc) is 3.08. The van der Waals surface area contributed by atoms with Gasteiger partial charge in [-0.2, -0.15) is 5.26 Å². The number of ether oxygens (including phenoxy) is 3. The van der Waals surface area contributed by atoms with Gasteiger partial charge >= 0.3 is 0 Å². The quantitative estimate of drug-likeness (QED) is 0.479. The molecular formula is C18H12ClNO4. The van der Waals surface area contributed by atoms with E-state index in [1.54, 1.807) is 36.4 Å². The minimum absolute atomic E-state index is 0.0156. The Hall–Kier alpha value is -2.97. The van der Waals surface area contributed by atoms with Crippen LogP contribution in [0.1, 0.15) is 15.9 Å². The first-order chi connectivity index (χ1) is 11.6. The predicted octanol–water partition coefficient (Wildman–Crippen LogP) is 3.87. The molecule has 0 saturated carbocycles. The zero-order chi connectivity index (χ0) is 17.1. The molecule has 1 aliphatic rings. The van der Waals surface area contributed by atoms with Crippen LogP contribution in [-0.2, 0) is 0 Å². The third-order valence-electron chi connectivity index (χ3n) is 3.46. The molecule has 120 valence electrons. The van der Waals surface area contributed by atoms with E-state index < -0.39 is 5.78 Å². The maximum atomic E-state index is 12.5. The molecule has 0 N–H and O–H groups in total. The first-order valence-electron chi connectivity index (χ1n) is 7.02. The zero-order valence-electron chi connectivity index (χ0n) is 12.7. The van der Waals surface area contributed by atoms with E-state index in [0.29, 0.717) is 33.4 Å². The molecule has 0 fully saturated rings. The van der Waals surface area contributed by atoms with Crippen molar-refractivity contribution in [2.75, 3.05) is 13.9 Å². The first-order valence-corrected chi connectivity index (χ1v) is 7.40. The van der Waals surface area contributed by atoms with E-state index in [1.165, 1.54) is 13.2 Å². The van der Waals surface area contributed by atoms with E-state index >= 15 is 0 Å². The van der Waals surface area contributed by atoms with Gasteiger partial charge in [-0.1, -0.05) is 23.7 Å². The van der Waals surface area contributed by atoms with E-state index in [-0.39, 0.29) is 12.4 Å². The number of nitriles is 1. The number of halogens is 1. The van der Waals surface area contributed by atoms with Crippen molar-refractivity contribution in [3.05, 3.63) is 58.1 Å². The molecule has 0 aliphatic carbocycles. The molecule has 1 heterocycles. The summed E-state index contributed by atoms with van der Waals surface area (Å²) in [6.45, 7) is 0.0933. The molecular weight excluding hydrogens is 330 g/mol. The number of fused-ring (bicyclic) bond motifs is 1. The highest BCUT2D eigenvalue weighted by Crippen LogP contribution is 2.40. The number of Topliss-reactive ketones (excluding diaryl/α,β-unsaturated/α-hetero) is 1. The molecule has 1 aliphatic heterocycles. The van der Waals surface area contributed by atoms with Crippen LogP contribution in [0.5, 0.6) is 17.2 Å². The van der Waals surface area contributed by atoms with Crippen molar-refractivity contribution in [2.45, 2.75) is 0 Å². The monoisotopic (exact) mass is 341 g/mol. The summed E-state index contributed by atoms with van der Waals surface area (Å²) in [5.41, 5.74) is 0.934. The van der Waals surface area contributed by atoms with Gasteiger partial charge in [-0.15, -0.1) is 0 Å².